The molecule has 0 bridgehead atoms. The van der Waals surface area contributed by atoms with E-state index in [1.165, 1.54) is 6.33 Å². The van der Waals surface area contributed by atoms with E-state index in [4.69, 9.17) is 42.8 Å². The van der Waals surface area contributed by atoms with Crippen LogP contribution < -0.4 is 9.47 Å². The SMILES string of the molecule is Cc1ccc(Cl)cc1Cn1c(-c2ccc(OCC[C@@H](C)C(=O)O)cc2Cl)nc2c(OC3(C)CC3)ncnc21. The van der Waals surface area contributed by atoms with Crippen LogP contribution in [0, 0.1) is 12.8 Å². The van der Waals surface area contributed by atoms with Gasteiger partial charge in [0.25, 0.3) is 0 Å². The number of halogens is 2. The van der Waals surface area contributed by atoms with Gasteiger partial charge in [-0.2, -0.15) is 4.98 Å². The third kappa shape index (κ3) is 5.56. The zero-order valence-corrected chi connectivity index (χ0v) is 22.9. The highest BCUT2D eigenvalue weighted by Crippen LogP contribution is 2.41. The fourth-order valence-corrected chi connectivity index (χ4v) is 4.53. The van der Waals surface area contributed by atoms with Gasteiger partial charge in [0.15, 0.2) is 11.2 Å². The van der Waals surface area contributed by atoms with Crippen LogP contribution >= 0.6 is 23.2 Å². The van der Waals surface area contributed by atoms with Gasteiger partial charge in [-0.3, -0.25) is 4.79 Å². The van der Waals surface area contributed by atoms with Gasteiger partial charge in [-0.15, -0.1) is 0 Å². The summed E-state index contributed by atoms with van der Waals surface area (Å²) in [5.74, 6) is 0.270. The molecular formula is C28H28Cl2N4O4. The van der Waals surface area contributed by atoms with Crippen LogP contribution in [0.1, 0.15) is 44.2 Å². The first-order valence-electron chi connectivity index (χ1n) is 12.4. The molecule has 2 aromatic carbocycles. The van der Waals surface area contributed by atoms with Crippen LogP contribution in [0.25, 0.3) is 22.6 Å². The maximum atomic E-state index is 11.1. The summed E-state index contributed by atoms with van der Waals surface area (Å²) in [6.45, 7) is 6.48. The largest absolute Gasteiger partial charge is 0.494 e. The third-order valence-corrected chi connectivity index (χ3v) is 7.41. The van der Waals surface area contributed by atoms with E-state index in [2.05, 4.69) is 16.9 Å². The Kier molecular flexibility index (Phi) is 7.20. The van der Waals surface area contributed by atoms with Gasteiger partial charge < -0.3 is 19.1 Å². The predicted molar refractivity (Wildman–Crippen MR) is 146 cm³/mol. The summed E-state index contributed by atoms with van der Waals surface area (Å²) in [5, 5.41) is 10.2. The minimum atomic E-state index is -0.849. The monoisotopic (exact) mass is 554 g/mol. The first kappa shape index (κ1) is 26.3. The van der Waals surface area contributed by atoms with Gasteiger partial charge in [-0.25, -0.2) is 9.97 Å². The number of fused-ring (bicyclic) bond motifs is 1. The van der Waals surface area contributed by atoms with Crippen LogP contribution in [0.3, 0.4) is 0 Å². The van der Waals surface area contributed by atoms with Gasteiger partial charge in [0.05, 0.1) is 24.1 Å². The first-order chi connectivity index (χ1) is 18.1. The predicted octanol–water partition coefficient (Wildman–Crippen LogP) is 6.58. The van der Waals surface area contributed by atoms with Gasteiger partial charge in [0, 0.05) is 10.6 Å². The lowest BCUT2D eigenvalue weighted by Crippen LogP contribution is -2.13. The average molecular weight is 555 g/mol. The van der Waals surface area contributed by atoms with E-state index in [1.807, 2.05) is 35.8 Å². The third-order valence-electron chi connectivity index (χ3n) is 6.86. The fourth-order valence-electron chi connectivity index (χ4n) is 4.08. The van der Waals surface area contributed by atoms with Crippen LogP contribution in [0.2, 0.25) is 10.0 Å². The normalized spacial score (nSPS) is 14.9. The van der Waals surface area contributed by atoms with Crippen LogP contribution in [0.15, 0.2) is 42.7 Å². The standard InChI is InChI=1S/C28H28Cl2N4O4/c1-16-4-5-19(29)12-18(16)14-34-24(33-23-25(34)31-15-32-26(23)38-28(3)9-10-28)21-7-6-20(13-22(21)30)37-11-8-17(2)27(35)36/h4-7,12-13,15,17H,8-11,14H2,1-3H3,(H,35,36)/t17-/m1/s1. The van der Waals surface area contributed by atoms with Gasteiger partial charge in [0.1, 0.15) is 23.5 Å². The summed E-state index contributed by atoms with van der Waals surface area (Å²) in [5.41, 5.74) is 3.77. The second-order valence-electron chi connectivity index (χ2n) is 10.0. The number of carbonyl (C=O) groups is 1. The van der Waals surface area contributed by atoms with Crippen molar-refractivity contribution in [3.8, 4) is 23.0 Å². The van der Waals surface area contributed by atoms with Crippen LogP contribution in [-0.2, 0) is 11.3 Å². The molecule has 0 saturated heterocycles. The first-order valence-corrected chi connectivity index (χ1v) is 13.2. The highest BCUT2D eigenvalue weighted by atomic mass is 35.5. The quantitative estimate of drug-likeness (QED) is 0.236. The number of hydrogen-bond acceptors (Lipinski definition) is 6. The van der Waals surface area contributed by atoms with Crippen molar-refractivity contribution in [1.29, 1.82) is 0 Å². The molecule has 1 atom stereocenters. The summed E-state index contributed by atoms with van der Waals surface area (Å²) in [6.07, 6.45) is 3.81. The second kappa shape index (κ2) is 10.4. The molecule has 0 unspecified atom stereocenters. The Labute approximate surface area is 230 Å². The van der Waals surface area contributed by atoms with Crippen molar-refractivity contribution >= 4 is 40.3 Å². The number of aryl methyl sites for hydroxylation is 1. The molecular weight excluding hydrogens is 527 g/mol. The highest BCUT2D eigenvalue weighted by molar-refractivity contribution is 6.33. The molecule has 198 valence electrons. The Balaban J connectivity index is 1.54. The molecule has 8 nitrogen and oxygen atoms in total. The van der Waals surface area contributed by atoms with E-state index in [1.54, 1.807) is 19.1 Å². The molecule has 2 heterocycles. The zero-order valence-electron chi connectivity index (χ0n) is 21.4. The topological polar surface area (TPSA) is 99.4 Å². The number of aromatic nitrogens is 4. The summed E-state index contributed by atoms with van der Waals surface area (Å²) >= 11 is 13.1. The molecule has 2 aromatic heterocycles. The van der Waals surface area contributed by atoms with Crippen molar-refractivity contribution in [3.05, 3.63) is 63.9 Å². The van der Waals surface area contributed by atoms with Gasteiger partial charge >= 0.3 is 5.97 Å². The second-order valence-corrected chi connectivity index (χ2v) is 10.9. The minimum Gasteiger partial charge on any atom is -0.494 e. The summed E-state index contributed by atoms with van der Waals surface area (Å²) < 4.78 is 14.0. The number of rotatable bonds is 10. The maximum Gasteiger partial charge on any atom is 0.306 e. The summed E-state index contributed by atoms with van der Waals surface area (Å²) in [4.78, 5) is 25.0. The van der Waals surface area contributed by atoms with E-state index in [9.17, 15) is 4.79 Å². The number of imidazole rings is 1. The van der Waals surface area contributed by atoms with Crippen LogP contribution in [-0.4, -0.2) is 42.8 Å². The minimum absolute atomic E-state index is 0.233. The zero-order chi connectivity index (χ0) is 27.0. The number of benzene rings is 2. The maximum absolute atomic E-state index is 11.1. The van der Waals surface area contributed by atoms with Crippen molar-refractivity contribution in [2.45, 2.75) is 52.2 Å². The smallest absolute Gasteiger partial charge is 0.306 e. The number of carboxylic acids is 1. The van der Waals surface area contributed by atoms with E-state index in [-0.39, 0.29) is 12.2 Å². The van der Waals surface area contributed by atoms with E-state index in [0.717, 1.165) is 24.0 Å². The summed E-state index contributed by atoms with van der Waals surface area (Å²) in [6, 6.07) is 11.1. The lowest BCUT2D eigenvalue weighted by molar-refractivity contribution is -0.141. The summed E-state index contributed by atoms with van der Waals surface area (Å²) in [7, 11) is 0. The Morgan fingerprint density at radius 3 is 2.68 bits per heavy atom. The molecule has 10 heteroatoms. The molecule has 0 radical (unpaired) electrons. The number of aliphatic carboxylic acids is 1. The van der Waals surface area contributed by atoms with E-state index in [0.29, 0.717) is 57.2 Å². The highest BCUT2D eigenvalue weighted by Gasteiger charge is 2.41. The number of nitrogens with zero attached hydrogens (tertiary/aromatic N) is 4. The molecule has 0 aliphatic heterocycles. The molecule has 0 amide bonds. The van der Waals surface area contributed by atoms with E-state index < -0.39 is 11.9 Å². The molecule has 1 saturated carbocycles. The molecule has 1 N–H and O–H groups in total. The van der Waals surface area contributed by atoms with Gasteiger partial charge in [0.2, 0.25) is 5.88 Å². The van der Waals surface area contributed by atoms with Crippen molar-refractivity contribution in [2.24, 2.45) is 5.92 Å². The molecule has 38 heavy (non-hydrogen) atoms. The molecule has 0 spiro atoms. The Morgan fingerprint density at radius 1 is 1.18 bits per heavy atom. The van der Waals surface area contributed by atoms with Crippen LogP contribution in [0.4, 0.5) is 0 Å². The lowest BCUT2D eigenvalue weighted by atomic mass is 10.1. The number of hydrogen-bond donors (Lipinski definition) is 1. The molecule has 1 aliphatic rings. The fraction of sp³-hybridized carbons (Fsp3) is 0.357. The Hall–Kier alpha value is -3.36. The van der Waals surface area contributed by atoms with Crippen LogP contribution in [0.5, 0.6) is 11.6 Å². The van der Waals surface area contributed by atoms with Crippen molar-refractivity contribution in [2.75, 3.05) is 6.61 Å². The van der Waals surface area contributed by atoms with Gasteiger partial charge in [-0.1, -0.05) is 36.2 Å². The van der Waals surface area contributed by atoms with Crippen molar-refractivity contribution in [3.63, 3.8) is 0 Å². The Morgan fingerprint density at radius 2 is 1.97 bits per heavy atom. The lowest BCUT2D eigenvalue weighted by Gasteiger charge is -2.14. The Bertz CT molecular complexity index is 1520. The molecule has 1 aliphatic carbocycles. The van der Waals surface area contributed by atoms with Gasteiger partial charge in [-0.05, 0) is 74.6 Å². The molecule has 1 fully saturated rings. The van der Waals surface area contributed by atoms with Crippen molar-refractivity contribution < 1.29 is 19.4 Å². The molecule has 4 aromatic rings. The number of ether oxygens (including phenoxy) is 2. The average Bonchev–Trinajstić information content (AvgIpc) is 3.49. The van der Waals surface area contributed by atoms with E-state index >= 15 is 0 Å². The number of carboxylic acid groups (broad SMARTS) is 1. The molecule has 5 rings (SSSR count). The van der Waals surface area contributed by atoms with Crippen molar-refractivity contribution in [1.82, 2.24) is 19.5 Å².